The third-order valence-corrected chi connectivity index (χ3v) is 6.30. The number of rotatable bonds is 6. The smallest absolute Gasteiger partial charge is 0.0577 e. The summed E-state index contributed by atoms with van der Waals surface area (Å²) in [4.78, 5) is 0. The molecule has 1 N–H and O–H groups in total. The summed E-state index contributed by atoms with van der Waals surface area (Å²) in [6, 6.07) is 0.423. The van der Waals surface area contributed by atoms with Crippen molar-refractivity contribution in [3.8, 4) is 0 Å². The highest BCUT2D eigenvalue weighted by Gasteiger charge is 2.25. The summed E-state index contributed by atoms with van der Waals surface area (Å²) in [7, 11) is 0.927. The fraction of sp³-hybridized carbons (Fsp3) is 1.00. The Morgan fingerprint density at radius 1 is 1.00 bits per heavy atom. The van der Waals surface area contributed by atoms with E-state index in [0.717, 1.165) is 13.0 Å². The molecular formula is C17H35NO2S. The van der Waals surface area contributed by atoms with Gasteiger partial charge in [0.05, 0.1) is 11.9 Å². The van der Waals surface area contributed by atoms with E-state index in [-0.39, 0.29) is 0 Å². The molecule has 1 rings (SSSR count). The molecule has 1 aliphatic carbocycles. The topological polar surface area (TPSA) is 38.3 Å². The average Bonchev–Trinajstić information content (AvgIpc) is 2.48. The molecule has 0 radical (unpaired) electrons. The van der Waals surface area contributed by atoms with E-state index >= 15 is 0 Å². The molecule has 3 nitrogen and oxygen atoms in total. The van der Waals surface area contributed by atoms with E-state index < -0.39 is 10.8 Å². The molecule has 0 saturated heterocycles. The van der Waals surface area contributed by atoms with Crippen molar-refractivity contribution in [2.45, 2.75) is 82.4 Å². The van der Waals surface area contributed by atoms with Gasteiger partial charge in [0.25, 0.3) is 0 Å². The van der Waals surface area contributed by atoms with Crippen LogP contribution in [0.4, 0.5) is 0 Å². The first kappa shape index (κ1) is 19.1. The van der Waals surface area contributed by atoms with E-state index in [0.29, 0.717) is 23.7 Å². The molecule has 126 valence electrons. The lowest BCUT2D eigenvalue weighted by molar-refractivity contribution is 0.217. The molecule has 0 heterocycles. The zero-order chi connectivity index (χ0) is 15.3. The molecule has 21 heavy (non-hydrogen) atoms. The van der Waals surface area contributed by atoms with Crippen molar-refractivity contribution in [1.82, 2.24) is 5.32 Å². The first-order valence-electron chi connectivity index (χ1n) is 8.89. The molecule has 1 fully saturated rings. The van der Waals surface area contributed by atoms with Crippen LogP contribution in [0.25, 0.3) is 0 Å². The Balaban J connectivity index is 2.62. The fourth-order valence-electron chi connectivity index (χ4n) is 3.28. The van der Waals surface area contributed by atoms with Crippen LogP contribution < -0.4 is 5.32 Å². The second-order valence-electron chi connectivity index (χ2n) is 6.19. The minimum Gasteiger partial charge on any atom is -0.384 e. The van der Waals surface area contributed by atoms with Gasteiger partial charge in [-0.1, -0.05) is 58.3 Å². The van der Waals surface area contributed by atoms with E-state index in [1.54, 1.807) is 7.11 Å². The van der Waals surface area contributed by atoms with Crippen LogP contribution in [0.1, 0.15) is 71.1 Å². The summed E-state index contributed by atoms with van der Waals surface area (Å²) < 4.78 is 17.8. The van der Waals surface area contributed by atoms with Gasteiger partial charge < -0.3 is 10.1 Å². The molecule has 0 aromatic carbocycles. The van der Waals surface area contributed by atoms with Crippen molar-refractivity contribution >= 4 is 10.8 Å². The van der Waals surface area contributed by atoms with E-state index in [1.807, 2.05) is 0 Å². The monoisotopic (exact) mass is 317 g/mol. The van der Waals surface area contributed by atoms with Gasteiger partial charge >= 0.3 is 0 Å². The van der Waals surface area contributed by atoms with Crippen LogP contribution in [-0.2, 0) is 15.5 Å². The highest BCUT2D eigenvalue weighted by atomic mass is 32.2. The molecule has 0 aromatic rings. The summed E-state index contributed by atoms with van der Waals surface area (Å²) in [6.07, 6.45) is 12.9. The molecule has 0 spiro atoms. The molecule has 1 saturated carbocycles. The summed E-state index contributed by atoms with van der Waals surface area (Å²) >= 11 is 0. The van der Waals surface area contributed by atoms with Crippen LogP contribution in [-0.4, -0.2) is 41.5 Å². The first-order chi connectivity index (χ1) is 10.3. The Kier molecular flexibility index (Phi) is 11.5. The van der Waals surface area contributed by atoms with Gasteiger partial charge in [0.1, 0.15) is 0 Å². The van der Waals surface area contributed by atoms with Crippen molar-refractivity contribution in [1.29, 1.82) is 0 Å². The first-order valence-corrected chi connectivity index (χ1v) is 10.3. The molecule has 3 unspecified atom stereocenters. The Morgan fingerprint density at radius 2 is 1.57 bits per heavy atom. The lowest BCUT2D eigenvalue weighted by Crippen LogP contribution is -2.43. The molecule has 1 aliphatic rings. The minimum atomic E-state index is -0.768. The second-order valence-corrected chi connectivity index (χ2v) is 7.96. The van der Waals surface area contributed by atoms with Crippen LogP contribution in [0.5, 0.6) is 0 Å². The number of hydrogen-bond acceptors (Lipinski definition) is 3. The summed E-state index contributed by atoms with van der Waals surface area (Å²) in [5, 5.41) is 3.92. The fourth-order valence-corrected chi connectivity index (χ4v) is 4.95. The number of ether oxygens (including phenoxy) is 1. The Hall–Kier alpha value is 0.0700. The molecule has 0 aliphatic heterocycles. The largest absolute Gasteiger partial charge is 0.384 e. The summed E-state index contributed by atoms with van der Waals surface area (Å²) in [6.45, 7) is 3.75. The predicted molar refractivity (Wildman–Crippen MR) is 92.3 cm³/mol. The standard InChI is InChI=1S/C17H35NO2S/c1-3-18-16-12-10-8-6-4-5-7-9-11-13-17(16)21(19)15-14-20-2/h16-18H,3-15H2,1-2H3. The van der Waals surface area contributed by atoms with Crippen LogP contribution in [0, 0.1) is 0 Å². The zero-order valence-electron chi connectivity index (χ0n) is 14.1. The summed E-state index contributed by atoms with van der Waals surface area (Å²) in [5.74, 6) is 0.684. The van der Waals surface area contributed by atoms with E-state index in [1.165, 1.54) is 57.8 Å². The van der Waals surface area contributed by atoms with Crippen molar-refractivity contribution in [3.63, 3.8) is 0 Å². The average molecular weight is 318 g/mol. The lowest BCUT2D eigenvalue weighted by Gasteiger charge is -2.28. The third-order valence-electron chi connectivity index (χ3n) is 4.50. The van der Waals surface area contributed by atoms with Crippen LogP contribution in [0.3, 0.4) is 0 Å². The quantitative estimate of drug-likeness (QED) is 0.813. The number of hydrogen-bond donors (Lipinski definition) is 1. The van der Waals surface area contributed by atoms with Gasteiger partial charge in [0.2, 0.25) is 0 Å². The zero-order valence-corrected chi connectivity index (χ0v) is 14.9. The van der Waals surface area contributed by atoms with Crippen molar-refractivity contribution in [2.75, 3.05) is 26.0 Å². The van der Waals surface area contributed by atoms with Crippen molar-refractivity contribution in [2.24, 2.45) is 0 Å². The third kappa shape index (κ3) is 8.32. The number of methoxy groups -OCH3 is 1. The molecule has 0 aromatic heterocycles. The summed E-state index contributed by atoms with van der Waals surface area (Å²) in [5.41, 5.74) is 0. The SMILES string of the molecule is CCNC1CCCCCCCCCCC1S(=O)CCOC. The van der Waals surface area contributed by atoms with Gasteiger partial charge in [-0.3, -0.25) is 4.21 Å². The van der Waals surface area contributed by atoms with Crippen LogP contribution in [0.2, 0.25) is 0 Å². The number of nitrogens with one attached hydrogen (secondary N) is 1. The lowest BCUT2D eigenvalue weighted by atomic mass is 9.97. The van der Waals surface area contributed by atoms with E-state index in [4.69, 9.17) is 4.74 Å². The van der Waals surface area contributed by atoms with Gasteiger partial charge in [-0.05, 0) is 19.4 Å². The van der Waals surface area contributed by atoms with Crippen molar-refractivity contribution < 1.29 is 8.95 Å². The van der Waals surface area contributed by atoms with Gasteiger partial charge in [-0.25, -0.2) is 0 Å². The van der Waals surface area contributed by atoms with Gasteiger partial charge in [-0.2, -0.15) is 0 Å². The normalized spacial score (nSPS) is 27.5. The maximum atomic E-state index is 12.7. The van der Waals surface area contributed by atoms with E-state index in [9.17, 15) is 4.21 Å². The van der Waals surface area contributed by atoms with E-state index in [2.05, 4.69) is 12.2 Å². The predicted octanol–water partition coefficient (Wildman–Crippen LogP) is 3.64. The Morgan fingerprint density at radius 3 is 2.14 bits per heavy atom. The van der Waals surface area contributed by atoms with Crippen LogP contribution >= 0.6 is 0 Å². The minimum absolute atomic E-state index is 0.305. The van der Waals surface area contributed by atoms with Gasteiger partial charge in [0.15, 0.2) is 0 Å². The molecule has 3 atom stereocenters. The highest BCUT2D eigenvalue weighted by Crippen LogP contribution is 2.21. The maximum Gasteiger partial charge on any atom is 0.0577 e. The van der Waals surface area contributed by atoms with Gasteiger partial charge in [-0.15, -0.1) is 0 Å². The highest BCUT2D eigenvalue weighted by molar-refractivity contribution is 7.85. The molecular weight excluding hydrogens is 282 g/mol. The second kappa shape index (κ2) is 12.6. The molecule has 0 amide bonds. The Labute approximate surface area is 134 Å². The maximum absolute atomic E-state index is 12.7. The van der Waals surface area contributed by atoms with Crippen molar-refractivity contribution in [3.05, 3.63) is 0 Å². The molecule has 0 bridgehead atoms. The molecule has 4 heteroatoms. The van der Waals surface area contributed by atoms with Gasteiger partial charge in [0, 0.05) is 29.7 Å². The Bertz CT molecular complexity index is 274. The van der Waals surface area contributed by atoms with Crippen LogP contribution in [0.15, 0.2) is 0 Å².